The molecule has 3 saturated carbocycles. The van der Waals surface area contributed by atoms with E-state index in [0.717, 1.165) is 22.9 Å². The van der Waals surface area contributed by atoms with Gasteiger partial charge in [0, 0.05) is 0 Å². The zero-order valence-corrected chi connectivity index (χ0v) is 21.3. The van der Waals surface area contributed by atoms with E-state index in [4.69, 9.17) is 0 Å². The summed E-state index contributed by atoms with van der Waals surface area (Å²) in [6.07, 6.45) is 19.0. The van der Waals surface area contributed by atoms with E-state index in [0.29, 0.717) is 23.7 Å². The Balaban J connectivity index is 1.39. The Morgan fingerprint density at radius 3 is 2.06 bits per heavy atom. The first-order valence-electron chi connectivity index (χ1n) is 13.7. The van der Waals surface area contributed by atoms with Crippen LogP contribution in [0.25, 0.3) is 11.1 Å². The second kappa shape index (κ2) is 7.57. The molecule has 2 aromatic rings. The molecule has 1 heteroatoms. The number of benzene rings is 2. The highest BCUT2D eigenvalue weighted by molar-refractivity contribution is 6.80. The van der Waals surface area contributed by atoms with Gasteiger partial charge in [0.15, 0.2) is 0 Å². The first-order valence-corrected chi connectivity index (χ1v) is 16.8. The summed E-state index contributed by atoms with van der Waals surface area (Å²) >= 11 is 0. The third-order valence-electron chi connectivity index (χ3n) is 10.9. The van der Waals surface area contributed by atoms with Crippen LogP contribution in [-0.2, 0) is 0 Å². The summed E-state index contributed by atoms with van der Waals surface area (Å²) in [4.78, 5) is 0. The number of allylic oxidation sites excluding steroid dienone is 4. The van der Waals surface area contributed by atoms with Crippen LogP contribution in [0.4, 0.5) is 0 Å². The number of hydrogen-bond acceptors (Lipinski definition) is 0. The van der Waals surface area contributed by atoms with Crippen LogP contribution in [-0.4, -0.2) is 8.07 Å². The molecule has 33 heavy (non-hydrogen) atoms. The quantitative estimate of drug-likeness (QED) is 0.400. The fourth-order valence-corrected chi connectivity index (χ4v) is 15.4. The fraction of sp³-hybridized carbons (Fsp3) is 0.500. The molecular formula is C32H38Si. The predicted octanol–water partition coefficient (Wildman–Crippen LogP) is 8.96. The standard InChI is InChI=1S/C32H38Si/c1-33(2,29-20-19-21-11-3-4-12-22(21)29)32-28-18-10-9-17-27(28)30-25-15-7-5-13-23(25)24-14-6-8-16-26(24)31(30)32/h5-10,13-18,21-22,27-32H,3-4,11-12,19-20H2,1-2H3. The minimum absolute atomic E-state index is 0.641. The van der Waals surface area contributed by atoms with Crippen LogP contribution in [0, 0.1) is 23.7 Å². The number of rotatable bonds is 2. The van der Waals surface area contributed by atoms with Gasteiger partial charge in [-0.3, -0.25) is 0 Å². The molecule has 0 nitrogen and oxygen atoms in total. The maximum atomic E-state index is 2.83. The van der Waals surface area contributed by atoms with Crippen molar-refractivity contribution < 1.29 is 0 Å². The Morgan fingerprint density at radius 2 is 1.30 bits per heavy atom. The van der Waals surface area contributed by atoms with E-state index in [9.17, 15) is 0 Å². The minimum Gasteiger partial charge on any atom is -0.0808 e. The van der Waals surface area contributed by atoms with Gasteiger partial charge >= 0.3 is 0 Å². The highest BCUT2D eigenvalue weighted by Gasteiger charge is 2.60. The van der Waals surface area contributed by atoms with E-state index in [1.165, 1.54) is 49.7 Å². The Kier molecular flexibility index (Phi) is 4.70. The Bertz CT molecular complexity index is 1120. The van der Waals surface area contributed by atoms with Gasteiger partial charge in [0.1, 0.15) is 0 Å². The predicted molar refractivity (Wildman–Crippen MR) is 142 cm³/mol. The van der Waals surface area contributed by atoms with Crippen molar-refractivity contribution in [1.82, 2.24) is 0 Å². The maximum Gasteiger partial charge on any atom is 0.0551 e. The second-order valence-electron chi connectivity index (χ2n) is 12.4. The lowest BCUT2D eigenvalue weighted by Crippen LogP contribution is -2.44. The SMILES string of the molecule is C[Si](C)(C1CCC2CCCCC21)C1C2C=CC=CC2C2c3ccccc3-c3ccccc3C21. The smallest absolute Gasteiger partial charge is 0.0551 e. The molecule has 170 valence electrons. The lowest BCUT2D eigenvalue weighted by Gasteiger charge is -2.47. The van der Waals surface area contributed by atoms with Crippen LogP contribution < -0.4 is 0 Å². The van der Waals surface area contributed by atoms with Gasteiger partial charge in [-0.1, -0.05) is 124 Å². The maximum absolute atomic E-state index is 2.83. The van der Waals surface area contributed by atoms with Gasteiger partial charge < -0.3 is 0 Å². The van der Waals surface area contributed by atoms with Crippen molar-refractivity contribution in [2.75, 3.05) is 0 Å². The molecule has 8 unspecified atom stereocenters. The number of hydrogen-bond donors (Lipinski definition) is 0. The molecular weight excluding hydrogens is 412 g/mol. The lowest BCUT2D eigenvalue weighted by atomic mass is 9.70. The normalized spacial score (nSPS) is 38.2. The lowest BCUT2D eigenvalue weighted by molar-refractivity contribution is 0.273. The summed E-state index contributed by atoms with van der Waals surface area (Å²) in [5, 5.41) is 0. The van der Waals surface area contributed by atoms with E-state index in [2.05, 4.69) is 85.9 Å². The van der Waals surface area contributed by atoms with E-state index in [1.54, 1.807) is 11.1 Å². The zero-order valence-electron chi connectivity index (χ0n) is 20.3. The zero-order chi connectivity index (χ0) is 22.2. The topological polar surface area (TPSA) is 0 Å². The first-order chi connectivity index (χ1) is 16.2. The van der Waals surface area contributed by atoms with Crippen molar-refractivity contribution >= 4 is 8.07 Å². The average molecular weight is 451 g/mol. The monoisotopic (exact) mass is 450 g/mol. The Morgan fingerprint density at radius 1 is 0.667 bits per heavy atom. The van der Waals surface area contributed by atoms with E-state index in [-0.39, 0.29) is 0 Å². The average Bonchev–Trinajstić information content (AvgIpc) is 3.45. The molecule has 2 aromatic carbocycles. The molecule has 0 aliphatic heterocycles. The summed E-state index contributed by atoms with van der Waals surface area (Å²) in [6, 6.07) is 18.9. The second-order valence-corrected chi connectivity index (χ2v) is 17.4. The van der Waals surface area contributed by atoms with Crippen LogP contribution >= 0.6 is 0 Å². The van der Waals surface area contributed by atoms with Gasteiger partial charge in [-0.25, -0.2) is 0 Å². The first kappa shape index (κ1) is 20.5. The van der Waals surface area contributed by atoms with Crippen molar-refractivity contribution in [2.24, 2.45) is 23.7 Å². The largest absolute Gasteiger partial charge is 0.0808 e. The van der Waals surface area contributed by atoms with E-state index >= 15 is 0 Å². The van der Waals surface area contributed by atoms with Crippen LogP contribution in [0.1, 0.15) is 61.5 Å². The van der Waals surface area contributed by atoms with Crippen molar-refractivity contribution in [1.29, 1.82) is 0 Å². The molecule has 0 radical (unpaired) electrons. The van der Waals surface area contributed by atoms with E-state index in [1.807, 2.05) is 0 Å². The molecule has 0 spiro atoms. The molecule has 5 aliphatic carbocycles. The molecule has 0 saturated heterocycles. The van der Waals surface area contributed by atoms with Crippen LogP contribution in [0.2, 0.25) is 24.2 Å². The van der Waals surface area contributed by atoms with Crippen LogP contribution in [0.5, 0.6) is 0 Å². The molecule has 0 N–H and O–H groups in total. The summed E-state index contributed by atoms with van der Waals surface area (Å²) in [7, 11) is -1.54. The summed E-state index contributed by atoms with van der Waals surface area (Å²) < 4.78 is 0. The van der Waals surface area contributed by atoms with Gasteiger partial charge in [0.25, 0.3) is 0 Å². The third-order valence-corrected chi connectivity index (χ3v) is 16.0. The molecule has 0 bridgehead atoms. The molecule has 7 rings (SSSR count). The highest BCUT2D eigenvalue weighted by Crippen LogP contribution is 2.70. The molecule has 0 aromatic heterocycles. The van der Waals surface area contributed by atoms with Crippen molar-refractivity contribution in [2.45, 2.75) is 74.5 Å². The molecule has 5 aliphatic rings. The van der Waals surface area contributed by atoms with Crippen molar-refractivity contribution in [3.63, 3.8) is 0 Å². The summed E-state index contributed by atoms with van der Waals surface area (Å²) in [6.45, 7) is 5.65. The summed E-state index contributed by atoms with van der Waals surface area (Å²) in [5.74, 6) is 4.78. The van der Waals surface area contributed by atoms with Crippen molar-refractivity contribution in [3.8, 4) is 11.1 Å². The van der Waals surface area contributed by atoms with Gasteiger partial charge in [0.2, 0.25) is 0 Å². The molecule has 3 fully saturated rings. The highest BCUT2D eigenvalue weighted by atomic mass is 28.3. The van der Waals surface area contributed by atoms with Crippen LogP contribution in [0.3, 0.4) is 0 Å². The third kappa shape index (κ3) is 2.87. The minimum atomic E-state index is -1.54. The van der Waals surface area contributed by atoms with Gasteiger partial charge in [-0.15, -0.1) is 0 Å². The van der Waals surface area contributed by atoms with Gasteiger partial charge in [-0.05, 0) is 68.8 Å². The fourth-order valence-electron chi connectivity index (χ4n) is 9.78. The van der Waals surface area contributed by atoms with Crippen LogP contribution in [0.15, 0.2) is 72.8 Å². The Hall–Kier alpha value is -1.86. The van der Waals surface area contributed by atoms with Crippen molar-refractivity contribution in [3.05, 3.63) is 84.0 Å². The molecule has 8 atom stereocenters. The van der Waals surface area contributed by atoms with Gasteiger partial charge in [0.05, 0.1) is 8.07 Å². The molecule has 0 heterocycles. The molecule has 0 amide bonds. The Labute approximate surface area is 201 Å². The van der Waals surface area contributed by atoms with Gasteiger partial charge in [-0.2, -0.15) is 0 Å². The summed E-state index contributed by atoms with van der Waals surface area (Å²) in [5.41, 5.74) is 8.19. The number of fused-ring (bicyclic) bond motifs is 9. The van der Waals surface area contributed by atoms with E-state index < -0.39 is 8.07 Å².